The van der Waals surface area contributed by atoms with Crippen LogP contribution in [0.1, 0.15) is 43.7 Å². The Morgan fingerprint density at radius 3 is 3.04 bits per heavy atom. The number of hydrogen-bond acceptors (Lipinski definition) is 4. The van der Waals surface area contributed by atoms with Crippen LogP contribution in [0.25, 0.3) is 11.0 Å². The number of aliphatic hydroxyl groups is 1. The Labute approximate surface area is 139 Å². The Morgan fingerprint density at radius 1 is 1.30 bits per heavy atom. The van der Waals surface area contributed by atoms with Crippen molar-refractivity contribution in [1.82, 2.24) is 5.32 Å². The summed E-state index contributed by atoms with van der Waals surface area (Å²) in [5.41, 5.74) is 0.424. The van der Waals surface area contributed by atoms with Crippen LogP contribution in [0, 0.1) is 5.92 Å². The van der Waals surface area contributed by atoms with Crippen molar-refractivity contribution in [2.75, 3.05) is 6.54 Å². The molecule has 1 aliphatic heterocycles. The standard InChI is InChI=1S/C18H20ClNO3/c19-11-4-5-15-12(9-11)17(21)13(10-23-15)16-14-3-1-2-6-18(14,22)7-8-20-16/h4-5,9-10,14,16,20,22H,1-3,6-8H2/t14-,16+,18+/m1/s1. The molecule has 1 saturated carbocycles. The highest BCUT2D eigenvalue weighted by Crippen LogP contribution is 2.45. The number of hydrogen-bond donors (Lipinski definition) is 2. The van der Waals surface area contributed by atoms with Crippen LogP contribution in [0.2, 0.25) is 5.02 Å². The minimum atomic E-state index is -0.663. The third-order valence-corrected chi connectivity index (χ3v) is 5.72. The highest BCUT2D eigenvalue weighted by Gasteiger charge is 2.46. The zero-order chi connectivity index (χ0) is 16.0. The topological polar surface area (TPSA) is 62.5 Å². The molecule has 0 spiro atoms. The quantitative estimate of drug-likeness (QED) is 0.839. The first-order chi connectivity index (χ1) is 11.1. The maximum atomic E-state index is 12.9. The highest BCUT2D eigenvalue weighted by molar-refractivity contribution is 6.31. The third-order valence-electron chi connectivity index (χ3n) is 5.49. The van der Waals surface area contributed by atoms with Crippen molar-refractivity contribution in [2.24, 2.45) is 5.92 Å². The fourth-order valence-corrected chi connectivity index (χ4v) is 4.45. The molecular formula is C18H20ClNO3. The first-order valence-electron chi connectivity index (χ1n) is 8.25. The van der Waals surface area contributed by atoms with E-state index in [1.54, 1.807) is 24.5 Å². The van der Waals surface area contributed by atoms with Gasteiger partial charge in [0.1, 0.15) is 5.58 Å². The molecule has 1 aromatic carbocycles. The van der Waals surface area contributed by atoms with E-state index in [2.05, 4.69) is 5.32 Å². The largest absolute Gasteiger partial charge is 0.464 e. The Morgan fingerprint density at radius 2 is 2.17 bits per heavy atom. The zero-order valence-electron chi connectivity index (χ0n) is 12.8. The van der Waals surface area contributed by atoms with Crippen LogP contribution in [-0.2, 0) is 0 Å². The fraction of sp³-hybridized carbons (Fsp3) is 0.500. The molecule has 1 aromatic heterocycles. The molecule has 1 saturated heterocycles. The first kappa shape index (κ1) is 15.2. The van der Waals surface area contributed by atoms with Crippen molar-refractivity contribution in [1.29, 1.82) is 0 Å². The second-order valence-corrected chi connectivity index (χ2v) is 7.23. The molecule has 2 aliphatic rings. The van der Waals surface area contributed by atoms with E-state index in [0.29, 0.717) is 28.1 Å². The first-order valence-corrected chi connectivity index (χ1v) is 8.63. The van der Waals surface area contributed by atoms with Crippen LogP contribution >= 0.6 is 11.6 Å². The SMILES string of the molecule is O=c1c([C@@H]2NCC[C@@]3(O)CCCC[C@H]23)coc2ccc(Cl)cc12. The van der Waals surface area contributed by atoms with Gasteiger partial charge in [0.15, 0.2) is 5.43 Å². The molecule has 122 valence electrons. The number of piperidine rings is 1. The summed E-state index contributed by atoms with van der Waals surface area (Å²) in [6.45, 7) is 0.713. The lowest BCUT2D eigenvalue weighted by Crippen LogP contribution is -2.54. The molecule has 2 N–H and O–H groups in total. The lowest BCUT2D eigenvalue weighted by Gasteiger charge is -2.48. The molecule has 4 rings (SSSR count). The van der Waals surface area contributed by atoms with Gasteiger partial charge >= 0.3 is 0 Å². The number of fused-ring (bicyclic) bond motifs is 2. The summed E-state index contributed by atoms with van der Waals surface area (Å²) in [4.78, 5) is 12.9. The van der Waals surface area contributed by atoms with Gasteiger partial charge in [0, 0.05) is 17.0 Å². The van der Waals surface area contributed by atoms with Crippen molar-refractivity contribution in [3.63, 3.8) is 0 Å². The summed E-state index contributed by atoms with van der Waals surface area (Å²) in [5, 5.41) is 15.4. The van der Waals surface area contributed by atoms with Gasteiger partial charge in [-0.05, 0) is 44.0 Å². The maximum Gasteiger partial charge on any atom is 0.197 e. The molecule has 2 aromatic rings. The van der Waals surface area contributed by atoms with E-state index < -0.39 is 5.60 Å². The average Bonchev–Trinajstić information content (AvgIpc) is 2.55. The number of rotatable bonds is 1. The van der Waals surface area contributed by atoms with Gasteiger partial charge in [0.25, 0.3) is 0 Å². The monoisotopic (exact) mass is 333 g/mol. The second kappa shape index (κ2) is 5.62. The minimum Gasteiger partial charge on any atom is -0.464 e. The number of benzene rings is 1. The summed E-state index contributed by atoms with van der Waals surface area (Å²) in [7, 11) is 0. The Bertz CT molecular complexity index is 798. The molecule has 3 atom stereocenters. The van der Waals surface area contributed by atoms with Crippen LogP contribution < -0.4 is 10.7 Å². The van der Waals surface area contributed by atoms with Crippen molar-refractivity contribution < 1.29 is 9.52 Å². The van der Waals surface area contributed by atoms with Gasteiger partial charge in [-0.15, -0.1) is 0 Å². The van der Waals surface area contributed by atoms with Crippen LogP contribution in [0.4, 0.5) is 0 Å². The van der Waals surface area contributed by atoms with E-state index >= 15 is 0 Å². The summed E-state index contributed by atoms with van der Waals surface area (Å²) < 4.78 is 5.66. The maximum absolute atomic E-state index is 12.9. The summed E-state index contributed by atoms with van der Waals surface area (Å²) in [6.07, 6.45) is 6.20. The van der Waals surface area contributed by atoms with Crippen LogP contribution in [0.15, 0.2) is 33.7 Å². The molecule has 0 amide bonds. The smallest absolute Gasteiger partial charge is 0.197 e. The van der Waals surface area contributed by atoms with E-state index in [9.17, 15) is 9.90 Å². The minimum absolute atomic E-state index is 0.0546. The van der Waals surface area contributed by atoms with Crippen molar-refractivity contribution in [3.8, 4) is 0 Å². The van der Waals surface area contributed by atoms with Gasteiger partial charge in [0.05, 0.1) is 22.8 Å². The molecule has 0 radical (unpaired) electrons. The number of halogens is 1. The van der Waals surface area contributed by atoms with Gasteiger partial charge in [-0.1, -0.05) is 24.4 Å². The average molecular weight is 334 g/mol. The Hall–Kier alpha value is -1.36. The predicted molar refractivity (Wildman–Crippen MR) is 89.8 cm³/mol. The molecule has 0 bridgehead atoms. The second-order valence-electron chi connectivity index (χ2n) is 6.80. The normalized spacial score (nSPS) is 31.0. The lowest BCUT2D eigenvalue weighted by molar-refractivity contribution is -0.0864. The predicted octanol–water partition coefficient (Wildman–Crippen LogP) is 3.40. The van der Waals surface area contributed by atoms with Crippen LogP contribution in [0.5, 0.6) is 0 Å². The van der Waals surface area contributed by atoms with Gasteiger partial charge in [-0.3, -0.25) is 4.79 Å². The van der Waals surface area contributed by atoms with Gasteiger partial charge in [-0.2, -0.15) is 0 Å². The van der Waals surface area contributed by atoms with Crippen LogP contribution in [-0.4, -0.2) is 17.3 Å². The van der Waals surface area contributed by atoms with E-state index in [1.165, 1.54) is 0 Å². The molecule has 23 heavy (non-hydrogen) atoms. The van der Waals surface area contributed by atoms with Crippen molar-refractivity contribution in [3.05, 3.63) is 45.3 Å². The van der Waals surface area contributed by atoms with E-state index in [-0.39, 0.29) is 17.4 Å². The van der Waals surface area contributed by atoms with Gasteiger partial charge in [0.2, 0.25) is 0 Å². The van der Waals surface area contributed by atoms with Crippen molar-refractivity contribution >= 4 is 22.6 Å². The molecule has 5 heteroatoms. The Kier molecular flexibility index (Phi) is 3.71. The van der Waals surface area contributed by atoms with Gasteiger partial charge < -0.3 is 14.8 Å². The Balaban J connectivity index is 1.82. The molecule has 2 heterocycles. The van der Waals surface area contributed by atoms with Gasteiger partial charge in [-0.25, -0.2) is 0 Å². The van der Waals surface area contributed by atoms with Crippen molar-refractivity contribution in [2.45, 2.75) is 43.7 Å². The molecule has 0 unspecified atom stereocenters. The van der Waals surface area contributed by atoms with E-state index in [1.807, 2.05) is 0 Å². The third kappa shape index (κ3) is 2.49. The summed E-state index contributed by atoms with van der Waals surface area (Å²) in [6, 6.07) is 4.93. The van der Waals surface area contributed by atoms with E-state index in [4.69, 9.17) is 16.0 Å². The fourth-order valence-electron chi connectivity index (χ4n) is 4.28. The molecule has 1 aliphatic carbocycles. The van der Waals surface area contributed by atoms with Crippen LogP contribution in [0.3, 0.4) is 0 Å². The molecule has 4 nitrogen and oxygen atoms in total. The van der Waals surface area contributed by atoms with E-state index in [0.717, 1.165) is 32.1 Å². The summed E-state index contributed by atoms with van der Waals surface area (Å²) >= 11 is 6.03. The summed E-state index contributed by atoms with van der Waals surface area (Å²) in [5.74, 6) is 0.0598. The lowest BCUT2D eigenvalue weighted by atomic mass is 9.67. The molecular weight excluding hydrogens is 314 g/mol. The number of nitrogens with one attached hydrogen (secondary N) is 1. The molecule has 2 fully saturated rings. The zero-order valence-corrected chi connectivity index (χ0v) is 13.6. The highest BCUT2D eigenvalue weighted by atomic mass is 35.5.